The number of ketones is 1. The molecule has 7 heteroatoms. The number of ether oxygens (including phenoxy) is 1. The van der Waals surface area contributed by atoms with Crippen molar-refractivity contribution in [1.82, 2.24) is 4.90 Å². The minimum Gasteiger partial charge on any atom is -0.497 e. The maximum Gasteiger partial charge on any atom is 0.416 e. The van der Waals surface area contributed by atoms with Gasteiger partial charge in [-0.3, -0.25) is 9.69 Å². The number of nitrogens with one attached hydrogen (secondary N) is 1. The summed E-state index contributed by atoms with van der Waals surface area (Å²) in [5, 5.41) is 3.71. The number of alkyl halides is 3. The van der Waals surface area contributed by atoms with Gasteiger partial charge in [-0.2, -0.15) is 13.2 Å². The van der Waals surface area contributed by atoms with Crippen LogP contribution in [0.2, 0.25) is 0 Å². The first-order valence-electron chi connectivity index (χ1n) is 11.7. The molecule has 35 heavy (non-hydrogen) atoms. The van der Waals surface area contributed by atoms with Crippen molar-refractivity contribution in [1.29, 1.82) is 0 Å². The molecule has 0 radical (unpaired) electrons. The van der Waals surface area contributed by atoms with E-state index < -0.39 is 17.3 Å². The van der Waals surface area contributed by atoms with E-state index in [0.717, 1.165) is 23.1 Å². The van der Waals surface area contributed by atoms with Gasteiger partial charge in [0, 0.05) is 30.9 Å². The van der Waals surface area contributed by atoms with Crippen LogP contribution in [0, 0.1) is 0 Å². The minimum atomic E-state index is -4.35. The molecule has 4 nitrogen and oxygen atoms in total. The summed E-state index contributed by atoms with van der Waals surface area (Å²) in [5.41, 5.74) is 2.01. The van der Waals surface area contributed by atoms with E-state index in [2.05, 4.69) is 10.2 Å². The number of carbonyl (C=O) groups is 1. The molecule has 1 spiro atoms. The number of hydrogen-bond acceptors (Lipinski definition) is 4. The number of anilines is 1. The van der Waals surface area contributed by atoms with Crippen LogP contribution in [0.4, 0.5) is 18.9 Å². The van der Waals surface area contributed by atoms with Crippen LogP contribution in [0.3, 0.4) is 0 Å². The lowest BCUT2D eigenvalue weighted by atomic mass is 9.67. The Hall–Kier alpha value is -3.32. The minimum absolute atomic E-state index is 0.0934. The Morgan fingerprint density at radius 1 is 1.00 bits per heavy atom. The van der Waals surface area contributed by atoms with Crippen LogP contribution in [0.5, 0.6) is 5.75 Å². The fraction of sp³-hybridized carbons (Fsp3) is 0.321. The second-order valence-corrected chi connectivity index (χ2v) is 9.37. The zero-order valence-electron chi connectivity index (χ0n) is 19.4. The molecule has 3 aromatic rings. The van der Waals surface area contributed by atoms with Gasteiger partial charge in [-0.1, -0.05) is 42.5 Å². The molecule has 0 aromatic heterocycles. The van der Waals surface area contributed by atoms with Crippen LogP contribution in [-0.2, 0) is 12.7 Å². The van der Waals surface area contributed by atoms with Gasteiger partial charge in [0.1, 0.15) is 5.75 Å². The molecule has 2 heterocycles. The summed E-state index contributed by atoms with van der Waals surface area (Å²) in [7, 11) is 1.61. The third-order valence-electron chi connectivity index (χ3n) is 7.25. The number of carbonyl (C=O) groups excluding carboxylic acids is 1. The Labute approximate surface area is 202 Å². The van der Waals surface area contributed by atoms with Gasteiger partial charge in [0.15, 0.2) is 5.78 Å². The number of Topliss-reactive ketones (excluding diaryl/α,β-unsaturated/α-hetero) is 1. The average Bonchev–Trinajstić information content (AvgIpc) is 2.86. The predicted octanol–water partition coefficient (Wildman–Crippen LogP) is 6.14. The first-order valence-corrected chi connectivity index (χ1v) is 11.7. The van der Waals surface area contributed by atoms with Gasteiger partial charge >= 0.3 is 6.18 Å². The molecule has 2 aliphatic rings. The second-order valence-electron chi connectivity index (χ2n) is 9.37. The lowest BCUT2D eigenvalue weighted by Crippen LogP contribution is -2.56. The lowest BCUT2D eigenvalue weighted by molar-refractivity contribution is -0.137. The van der Waals surface area contributed by atoms with Crippen LogP contribution in [-0.4, -0.2) is 36.4 Å². The smallest absolute Gasteiger partial charge is 0.416 e. The molecule has 0 aliphatic carbocycles. The highest BCUT2D eigenvalue weighted by Gasteiger charge is 2.49. The van der Waals surface area contributed by atoms with E-state index in [1.54, 1.807) is 13.2 Å². The third-order valence-corrected chi connectivity index (χ3v) is 7.25. The van der Waals surface area contributed by atoms with Gasteiger partial charge in [0.25, 0.3) is 0 Å². The van der Waals surface area contributed by atoms with Crippen LogP contribution in [0.1, 0.15) is 45.8 Å². The topological polar surface area (TPSA) is 41.6 Å². The maximum atomic E-state index is 13.8. The summed E-state index contributed by atoms with van der Waals surface area (Å²) in [6, 6.07) is 20.8. The summed E-state index contributed by atoms with van der Waals surface area (Å²) in [5.74, 6) is 0.463. The Morgan fingerprint density at radius 2 is 1.71 bits per heavy atom. The predicted molar refractivity (Wildman–Crippen MR) is 129 cm³/mol. The van der Waals surface area contributed by atoms with E-state index in [-0.39, 0.29) is 11.7 Å². The van der Waals surface area contributed by atoms with Gasteiger partial charge in [0.2, 0.25) is 0 Å². The quantitative estimate of drug-likeness (QED) is 0.487. The van der Waals surface area contributed by atoms with Crippen LogP contribution < -0.4 is 10.1 Å². The Balaban J connectivity index is 1.40. The number of halogens is 3. The molecule has 0 amide bonds. The van der Waals surface area contributed by atoms with Gasteiger partial charge in [0.05, 0.1) is 24.1 Å². The molecule has 1 unspecified atom stereocenters. The fourth-order valence-electron chi connectivity index (χ4n) is 5.45. The van der Waals surface area contributed by atoms with Gasteiger partial charge in [-0.05, 0) is 54.3 Å². The molecule has 1 atom stereocenters. The number of rotatable bonds is 4. The normalized spacial score (nSPS) is 19.8. The van der Waals surface area contributed by atoms with E-state index in [9.17, 15) is 18.0 Å². The van der Waals surface area contributed by atoms with Crippen molar-refractivity contribution in [2.75, 3.05) is 25.5 Å². The number of nitrogens with zero attached hydrogens (tertiary/aromatic N) is 1. The SMILES string of the molecule is COc1ccc(C2C(=O)c3ccccc3NC23CCN(Cc2cccc(C(F)(F)F)c2)CC3)cc1. The summed E-state index contributed by atoms with van der Waals surface area (Å²) in [6.45, 7) is 1.79. The first-order chi connectivity index (χ1) is 16.8. The fourth-order valence-corrected chi connectivity index (χ4v) is 5.45. The van der Waals surface area contributed by atoms with Gasteiger partial charge in [-0.15, -0.1) is 0 Å². The van der Waals surface area contributed by atoms with E-state index in [1.807, 2.05) is 48.5 Å². The second kappa shape index (κ2) is 9.04. The van der Waals surface area contributed by atoms with E-state index in [0.29, 0.717) is 43.6 Å². The molecule has 1 N–H and O–H groups in total. The summed E-state index contributed by atoms with van der Waals surface area (Å²) >= 11 is 0. The van der Waals surface area contributed by atoms with E-state index in [4.69, 9.17) is 4.74 Å². The Kier molecular flexibility index (Phi) is 6.05. The summed E-state index contributed by atoms with van der Waals surface area (Å²) < 4.78 is 44.7. The van der Waals surface area contributed by atoms with Crippen molar-refractivity contribution in [3.05, 3.63) is 95.1 Å². The zero-order valence-corrected chi connectivity index (χ0v) is 19.4. The van der Waals surface area contributed by atoms with Crippen molar-refractivity contribution >= 4 is 11.5 Å². The van der Waals surface area contributed by atoms with Gasteiger partial charge in [-0.25, -0.2) is 0 Å². The lowest BCUT2D eigenvalue weighted by Gasteiger charge is -2.50. The monoisotopic (exact) mass is 480 g/mol. The maximum absolute atomic E-state index is 13.8. The number of benzene rings is 3. The van der Waals surface area contributed by atoms with E-state index in [1.165, 1.54) is 12.1 Å². The number of hydrogen-bond donors (Lipinski definition) is 1. The van der Waals surface area contributed by atoms with Crippen LogP contribution in [0.15, 0.2) is 72.8 Å². The average molecular weight is 481 g/mol. The number of methoxy groups -OCH3 is 1. The molecule has 2 aliphatic heterocycles. The molecule has 0 bridgehead atoms. The molecule has 0 saturated carbocycles. The highest BCUT2D eigenvalue weighted by molar-refractivity contribution is 6.08. The molecule has 5 rings (SSSR count). The molecular formula is C28H27F3N2O2. The number of fused-ring (bicyclic) bond motifs is 1. The molecular weight excluding hydrogens is 453 g/mol. The molecule has 182 valence electrons. The highest BCUT2D eigenvalue weighted by atomic mass is 19.4. The number of para-hydroxylation sites is 1. The third kappa shape index (κ3) is 4.52. The van der Waals surface area contributed by atoms with Crippen molar-refractivity contribution in [2.45, 2.75) is 37.0 Å². The van der Waals surface area contributed by atoms with E-state index >= 15 is 0 Å². The van der Waals surface area contributed by atoms with Gasteiger partial charge < -0.3 is 10.1 Å². The largest absolute Gasteiger partial charge is 0.497 e. The number of piperidine rings is 1. The Morgan fingerprint density at radius 3 is 2.40 bits per heavy atom. The van der Waals surface area contributed by atoms with Crippen molar-refractivity contribution in [3.8, 4) is 5.75 Å². The van der Waals surface area contributed by atoms with Crippen LogP contribution >= 0.6 is 0 Å². The number of likely N-dealkylation sites (tertiary alicyclic amines) is 1. The molecule has 3 aromatic carbocycles. The first kappa shape index (κ1) is 23.4. The zero-order chi connectivity index (χ0) is 24.6. The van der Waals surface area contributed by atoms with Crippen LogP contribution in [0.25, 0.3) is 0 Å². The Bertz CT molecular complexity index is 1220. The van der Waals surface area contributed by atoms with Crippen molar-refractivity contribution in [2.24, 2.45) is 0 Å². The summed E-state index contributed by atoms with van der Waals surface area (Å²) in [6.07, 6.45) is -2.96. The summed E-state index contributed by atoms with van der Waals surface area (Å²) in [4.78, 5) is 15.9. The highest BCUT2D eigenvalue weighted by Crippen LogP contribution is 2.46. The molecule has 1 fully saturated rings. The molecule has 1 saturated heterocycles. The van der Waals surface area contributed by atoms with Crippen molar-refractivity contribution < 1.29 is 22.7 Å². The standard InChI is InChI=1S/C28H27F3N2O2/c1-35-22-11-9-20(10-12-22)25-26(34)23-7-2-3-8-24(23)32-27(25)13-15-33(16-14-27)18-19-5-4-6-21(17-19)28(29,30)31/h2-12,17,25,32H,13-16,18H2,1H3. The van der Waals surface area contributed by atoms with Crippen molar-refractivity contribution in [3.63, 3.8) is 0 Å².